The van der Waals surface area contributed by atoms with E-state index in [-0.39, 0.29) is 0 Å². The van der Waals surface area contributed by atoms with E-state index in [9.17, 15) is 5.11 Å². The van der Waals surface area contributed by atoms with Crippen LogP contribution in [-0.4, -0.2) is 45.4 Å². The minimum Gasteiger partial charge on any atom is -0.388 e. The summed E-state index contributed by atoms with van der Waals surface area (Å²) in [7, 11) is 0. The van der Waals surface area contributed by atoms with Gasteiger partial charge in [-0.3, -0.25) is 4.90 Å². The lowest BCUT2D eigenvalue weighted by Gasteiger charge is -2.44. The lowest BCUT2D eigenvalue weighted by atomic mass is 9.97. The summed E-state index contributed by atoms with van der Waals surface area (Å²) in [6.45, 7) is 4.36. The number of thiophene rings is 1. The van der Waals surface area contributed by atoms with Crippen LogP contribution in [0.1, 0.15) is 19.2 Å². The van der Waals surface area contributed by atoms with E-state index in [1.165, 1.54) is 0 Å². The molecule has 3 rings (SSSR count). The van der Waals surface area contributed by atoms with Crippen molar-refractivity contribution in [3.63, 3.8) is 0 Å². The fourth-order valence-corrected chi connectivity index (χ4v) is 3.04. The van der Waals surface area contributed by atoms with E-state index in [2.05, 4.69) is 15.0 Å². The molecule has 0 aromatic carbocycles. The Morgan fingerprint density at radius 1 is 1.53 bits per heavy atom. The van der Waals surface area contributed by atoms with Crippen LogP contribution in [0, 0.1) is 0 Å². The van der Waals surface area contributed by atoms with Gasteiger partial charge in [0.05, 0.1) is 10.5 Å². The second-order valence-corrected chi connectivity index (χ2v) is 6.25. The van der Waals surface area contributed by atoms with Gasteiger partial charge in [-0.15, -0.1) is 11.3 Å². The standard InChI is InChI=1S/C13H17N3O2S/c1-13(17)8-16(9-13)6-2-5-11-14-12(15-18-11)10-4-3-7-19-10/h3-4,7,17H,2,5-6,8-9H2,1H3. The Balaban J connectivity index is 1.46. The molecule has 1 aliphatic rings. The quantitative estimate of drug-likeness (QED) is 0.904. The molecule has 0 saturated carbocycles. The lowest BCUT2D eigenvalue weighted by molar-refractivity contribution is -0.0832. The van der Waals surface area contributed by atoms with Gasteiger partial charge in [0.15, 0.2) is 0 Å². The monoisotopic (exact) mass is 279 g/mol. The molecule has 0 aliphatic carbocycles. The summed E-state index contributed by atoms with van der Waals surface area (Å²) in [5.41, 5.74) is -0.489. The molecule has 3 heterocycles. The zero-order valence-corrected chi connectivity index (χ0v) is 11.7. The van der Waals surface area contributed by atoms with Crippen LogP contribution in [0.2, 0.25) is 0 Å². The number of aromatic nitrogens is 2. The first kappa shape index (κ1) is 12.8. The summed E-state index contributed by atoms with van der Waals surface area (Å²) in [5.74, 6) is 1.37. The van der Waals surface area contributed by atoms with Crippen LogP contribution in [0.3, 0.4) is 0 Å². The highest BCUT2D eigenvalue weighted by Gasteiger charge is 2.35. The van der Waals surface area contributed by atoms with Crippen molar-refractivity contribution in [1.29, 1.82) is 0 Å². The Kier molecular flexibility index (Phi) is 3.38. The van der Waals surface area contributed by atoms with Gasteiger partial charge in [-0.05, 0) is 31.3 Å². The van der Waals surface area contributed by atoms with Gasteiger partial charge >= 0.3 is 0 Å². The highest BCUT2D eigenvalue weighted by atomic mass is 32.1. The van der Waals surface area contributed by atoms with E-state index in [1.807, 2.05) is 24.4 Å². The van der Waals surface area contributed by atoms with Crippen LogP contribution in [-0.2, 0) is 6.42 Å². The third-order valence-corrected chi connectivity index (χ3v) is 4.07. The van der Waals surface area contributed by atoms with Gasteiger partial charge in [0.1, 0.15) is 0 Å². The molecule has 0 spiro atoms. The first-order valence-corrected chi connectivity index (χ1v) is 7.32. The molecule has 2 aromatic heterocycles. The lowest BCUT2D eigenvalue weighted by Crippen LogP contribution is -2.59. The molecule has 1 fully saturated rings. The number of likely N-dealkylation sites (tertiary alicyclic amines) is 1. The zero-order valence-electron chi connectivity index (χ0n) is 10.9. The van der Waals surface area contributed by atoms with Crippen molar-refractivity contribution in [3.8, 4) is 10.7 Å². The maximum absolute atomic E-state index is 9.63. The maximum atomic E-state index is 9.63. The predicted octanol–water partition coefficient (Wildman–Crippen LogP) is 1.80. The average Bonchev–Trinajstić information content (AvgIpc) is 2.96. The molecule has 0 radical (unpaired) electrons. The number of nitrogens with zero attached hydrogens (tertiary/aromatic N) is 3. The molecule has 5 nitrogen and oxygen atoms in total. The summed E-state index contributed by atoms with van der Waals surface area (Å²) in [6.07, 6.45) is 1.76. The molecule has 1 N–H and O–H groups in total. The normalized spacial score (nSPS) is 18.4. The van der Waals surface area contributed by atoms with Crippen molar-refractivity contribution in [2.24, 2.45) is 0 Å². The van der Waals surface area contributed by atoms with E-state index in [0.717, 1.165) is 37.4 Å². The van der Waals surface area contributed by atoms with Crippen molar-refractivity contribution >= 4 is 11.3 Å². The van der Waals surface area contributed by atoms with Gasteiger partial charge in [-0.1, -0.05) is 11.2 Å². The molecular weight excluding hydrogens is 262 g/mol. The van der Waals surface area contributed by atoms with Crippen molar-refractivity contribution in [1.82, 2.24) is 15.0 Å². The van der Waals surface area contributed by atoms with Crippen LogP contribution in [0.5, 0.6) is 0 Å². The second-order valence-electron chi connectivity index (χ2n) is 5.30. The molecule has 19 heavy (non-hydrogen) atoms. The van der Waals surface area contributed by atoms with Gasteiger partial charge in [0, 0.05) is 19.5 Å². The number of aryl methyl sites for hydroxylation is 1. The number of aliphatic hydroxyl groups is 1. The Labute approximate surface area is 115 Å². The van der Waals surface area contributed by atoms with Crippen molar-refractivity contribution in [2.75, 3.05) is 19.6 Å². The van der Waals surface area contributed by atoms with E-state index < -0.39 is 5.60 Å². The molecule has 0 unspecified atom stereocenters. The molecule has 0 bridgehead atoms. The summed E-state index contributed by atoms with van der Waals surface area (Å²) in [6, 6.07) is 3.97. The molecule has 2 aromatic rings. The highest BCUT2D eigenvalue weighted by Crippen LogP contribution is 2.22. The second kappa shape index (κ2) is 5.03. The van der Waals surface area contributed by atoms with Crippen LogP contribution in [0.15, 0.2) is 22.0 Å². The third kappa shape index (κ3) is 3.02. The summed E-state index contributed by atoms with van der Waals surface area (Å²) >= 11 is 1.61. The van der Waals surface area contributed by atoms with Gasteiger partial charge in [-0.2, -0.15) is 4.98 Å². The van der Waals surface area contributed by atoms with Gasteiger partial charge in [0.2, 0.25) is 11.7 Å². The molecule has 1 aliphatic heterocycles. The van der Waals surface area contributed by atoms with Gasteiger partial charge < -0.3 is 9.63 Å². The molecule has 6 heteroatoms. The predicted molar refractivity (Wildman–Crippen MR) is 73.0 cm³/mol. The maximum Gasteiger partial charge on any atom is 0.227 e. The minimum atomic E-state index is -0.489. The van der Waals surface area contributed by atoms with Crippen molar-refractivity contribution in [3.05, 3.63) is 23.4 Å². The molecule has 1 saturated heterocycles. The van der Waals surface area contributed by atoms with Crippen LogP contribution in [0.25, 0.3) is 10.7 Å². The van der Waals surface area contributed by atoms with E-state index >= 15 is 0 Å². The minimum absolute atomic E-state index is 0.489. The highest BCUT2D eigenvalue weighted by molar-refractivity contribution is 7.13. The Morgan fingerprint density at radius 2 is 2.37 bits per heavy atom. The zero-order chi connectivity index (χ0) is 13.3. The fourth-order valence-electron chi connectivity index (χ4n) is 2.39. The Morgan fingerprint density at radius 3 is 3.05 bits per heavy atom. The van der Waals surface area contributed by atoms with Crippen LogP contribution >= 0.6 is 11.3 Å². The van der Waals surface area contributed by atoms with E-state index in [4.69, 9.17) is 4.52 Å². The summed E-state index contributed by atoms with van der Waals surface area (Å²) in [4.78, 5) is 7.66. The van der Waals surface area contributed by atoms with Gasteiger partial charge in [-0.25, -0.2) is 0 Å². The Bertz CT molecular complexity index is 528. The number of hydrogen-bond donors (Lipinski definition) is 1. The fraction of sp³-hybridized carbons (Fsp3) is 0.538. The van der Waals surface area contributed by atoms with E-state index in [0.29, 0.717) is 11.7 Å². The summed E-state index contributed by atoms with van der Waals surface area (Å²) < 4.78 is 5.24. The molecule has 0 amide bonds. The molecular formula is C13H17N3O2S. The van der Waals surface area contributed by atoms with Crippen LogP contribution in [0.4, 0.5) is 0 Å². The number of hydrogen-bond acceptors (Lipinski definition) is 6. The SMILES string of the molecule is CC1(O)CN(CCCc2nc(-c3cccs3)no2)C1. The van der Waals surface area contributed by atoms with E-state index in [1.54, 1.807) is 11.3 Å². The smallest absolute Gasteiger partial charge is 0.227 e. The third-order valence-electron chi connectivity index (χ3n) is 3.20. The molecule has 0 atom stereocenters. The number of rotatable bonds is 5. The average molecular weight is 279 g/mol. The van der Waals surface area contributed by atoms with Crippen molar-refractivity contribution < 1.29 is 9.63 Å². The topological polar surface area (TPSA) is 62.4 Å². The first-order valence-electron chi connectivity index (χ1n) is 6.44. The van der Waals surface area contributed by atoms with Gasteiger partial charge in [0.25, 0.3) is 0 Å². The summed E-state index contributed by atoms with van der Waals surface area (Å²) in [5, 5.41) is 15.6. The van der Waals surface area contributed by atoms with Crippen LogP contribution < -0.4 is 0 Å². The van der Waals surface area contributed by atoms with Crippen molar-refractivity contribution in [2.45, 2.75) is 25.4 Å². The number of β-amino-alcohol motifs (C(OH)–C–C–N with tert-alkyl or cyclic N) is 1. The molecule has 102 valence electrons. The first-order chi connectivity index (χ1) is 9.12. The Hall–Kier alpha value is -1.24. The largest absolute Gasteiger partial charge is 0.388 e.